The Balaban J connectivity index is 2.99. The quantitative estimate of drug-likeness (QED) is 0.878. The number of halogens is 2. The van der Waals surface area contributed by atoms with Gasteiger partial charge in [-0.25, -0.2) is 4.39 Å². The van der Waals surface area contributed by atoms with E-state index in [9.17, 15) is 9.50 Å². The van der Waals surface area contributed by atoms with Crippen molar-refractivity contribution >= 4 is 15.9 Å². The molecule has 2 unspecified atom stereocenters. The molecule has 0 aliphatic rings. The highest BCUT2D eigenvalue weighted by atomic mass is 79.9. The number of benzene rings is 1. The summed E-state index contributed by atoms with van der Waals surface area (Å²) in [6.07, 6.45) is -0.202. The van der Waals surface area contributed by atoms with E-state index in [0.29, 0.717) is 12.0 Å². The van der Waals surface area contributed by atoms with Gasteiger partial charge in [-0.15, -0.1) is 0 Å². The molecule has 0 amide bonds. The molecule has 78 valence electrons. The molecule has 0 saturated heterocycles. The highest BCUT2D eigenvalue weighted by Gasteiger charge is 2.18. The molecule has 0 radical (unpaired) electrons. The van der Waals surface area contributed by atoms with Crippen molar-refractivity contribution in [3.63, 3.8) is 0 Å². The third-order valence-corrected chi connectivity index (χ3v) is 2.64. The van der Waals surface area contributed by atoms with E-state index in [4.69, 9.17) is 5.73 Å². The maximum Gasteiger partial charge on any atom is 0.128 e. The summed E-state index contributed by atoms with van der Waals surface area (Å²) < 4.78 is 14.1. The lowest BCUT2D eigenvalue weighted by atomic mass is 10.0. The molecule has 0 aliphatic carbocycles. The minimum absolute atomic E-state index is 0.341. The van der Waals surface area contributed by atoms with Gasteiger partial charge in [0.15, 0.2) is 0 Å². The topological polar surface area (TPSA) is 46.2 Å². The number of aliphatic hydroxyl groups excluding tert-OH is 1. The van der Waals surface area contributed by atoms with Crippen LogP contribution in [0.2, 0.25) is 0 Å². The van der Waals surface area contributed by atoms with Crippen molar-refractivity contribution in [3.8, 4) is 0 Å². The van der Waals surface area contributed by atoms with Gasteiger partial charge in [0, 0.05) is 10.0 Å². The first-order valence-corrected chi connectivity index (χ1v) is 5.24. The molecule has 0 heterocycles. The van der Waals surface area contributed by atoms with Crippen LogP contribution in [0.3, 0.4) is 0 Å². The van der Waals surface area contributed by atoms with Gasteiger partial charge in [0.2, 0.25) is 0 Å². The van der Waals surface area contributed by atoms with E-state index in [1.807, 2.05) is 0 Å². The van der Waals surface area contributed by atoms with E-state index in [1.165, 1.54) is 6.07 Å². The summed E-state index contributed by atoms with van der Waals surface area (Å²) in [5.41, 5.74) is 6.05. The predicted octanol–water partition coefficient (Wildman–Crippen LogP) is 2.36. The lowest BCUT2D eigenvalue weighted by Crippen LogP contribution is -2.26. The maximum atomic E-state index is 13.3. The smallest absolute Gasteiger partial charge is 0.128 e. The Morgan fingerprint density at radius 1 is 1.57 bits per heavy atom. The van der Waals surface area contributed by atoms with Crippen molar-refractivity contribution in [2.45, 2.75) is 25.5 Å². The van der Waals surface area contributed by atoms with Gasteiger partial charge in [0.05, 0.1) is 12.1 Å². The fraction of sp³-hybridized carbons (Fsp3) is 0.400. The van der Waals surface area contributed by atoms with Crippen molar-refractivity contribution in [2.75, 3.05) is 0 Å². The first-order chi connectivity index (χ1) is 6.56. The van der Waals surface area contributed by atoms with E-state index in [2.05, 4.69) is 15.9 Å². The van der Waals surface area contributed by atoms with Crippen LogP contribution in [0.5, 0.6) is 0 Å². The highest BCUT2D eigenvalue weighted by Crippen LogP contribution is 2.23. The van der Waals surface area contributed by atoms with Gasteiger partial charge in [-0.3, -0.25) is 0 Å². The lowest BCUT2D eigenvalue weighted by molar-refractivity contribution is 0.139. The van der Waals surface area contributed by atoms with Crippen LogP contribution in [0.25, 0.3) is 0 Å². The number of nitrogens with two attached hydrogens (primary N) is 1. The minimum atomic E-state index is -0.709. The Morgan fingerprint density at radius 2 is 2.21 bits per heavy atom. The molecule has 0 bridgehead atoms. The zero-order chi connectivity index (χ0) is 10.7. The normalized spacial score (nSPS) is 15.2. The van der Waals surface area contributed by atoms with E-state index in [1.54, 1.807) is 19.1 Å². The molecule has 2 atom stereocenters. The Kier molecular flexibility index (Phi) is 4.04. The summed E-state index contributed by atoms with van der Waals surface area (Å²) in [5, 5.41) is 9.49. The van der Waals surface area contributed by atoms with Crippen LogP contribution >= 0.6 is 15.9 Å². The van der Waals surface area contributed by atoms with Crippen molar-refractivity contribution < 1.29 is 9.50 Å². The molecule has 0 aliphatic heterocycles. The molecule has 0 spiro atoms. The third-order valence-electron chi connectivity index (χ3n) is 2.15. The van der Waals surface area contributed by atoms with Gasteiger partial charge in [-0.1, -0.05) is 22.9 Å². The molecule has 0 aromatic heterocycles. The monoisotopic (exact) mass is 261 g/mol. The average Bonchev–Trinajstić information content (AvgIpc) is 2.19. The fourth-order valence-corrected chi connectivity index (χ4v) is 1.61. The lowest BCUT2D eigenvalue weighted by Gasteiger charge is -2.18. The second kappa shape index (κ2) is 4.87. The highest BCUT2D eigenvalue weighted by molar-refractivity contribution is 9.10. The average molecular weight is 262 g/mol. The van der Waals surface area contributed by atoms with E-state index >= 15 is 0 Å². The molecule has 4 heteroatoms. The van der Waals surface area contributed by atoms with Gasteiger partial charge in [-0.05, 0) is 24.6 Å². The molecule has 2 nitrogen and oxygen atoms in total. The van der Waals surface area contributed by atoms with Gasteiger partial charge < -0.3 is 10.8 Å². The van der Waals surface area contributed by atoms with Crippen LogP contribution in [0.4, 0.5) is 4.39 Å². The first-order valence-electron chi connectivity index (χ1n) is 4.44. The van der Waals surface area contributed by atoms with E-state index < -0.39 is 12.1 Å². The molecular weight excluding hydrogens is 249 g/mol. The number of hydrogen-bond acceptors (Lipinski definition) is 2. The van der Waals surface area contributed by atoms with Gasteiger partial charge in [0.25, 0.3) is 0 Å². The molecular formula is C10H13BrFNO. The van der Waals surface area contributed by atoms with Gasteiger partial charge >= 0.3 is 0 Å². The van der Waals surface area contributed by atoms with Crippen molar-refractivity contribution in [1.82, 2.24) is 0 Å². The summed E-state index contributed by atoms with van der Waals surface area (Å²) >= 11 is 3.23. The second-order valence-electron chi connectivity index (χ2n) is 3.17. The Hall–Kier alpha value is -0.450. The van der Waals surface area contributed by atoms with Crippen molar-refractivity contribution in [2.24, 2.45) is 5.73 Å². The fourth-order valence-electron chi connectivity index (χ4n) is 1.23. The minimum Gasteiger partial charge on any atom is -0.391 e. The predicted molar refractivity (Wildman–Crippen MR) is 57.3 cm³/mol. The van der Waals surface area contributed by atoms with Gasteiger partial charge in [0.1, 0.15) is 5.82 Å². The molecule has 1 rings (SSSR count). The standard InChI is InChI=1S/C10H13BrFNO/c1-2-9(14)10(13)7-5-6(11)3-4-8(7)12/h3-5,9-10,14H,2,13H2,1H3. The van der Waals surface area contributed by atoms with Crippen LogP contribution in [0.1, 0.15) is 24.9 Å². The van der Waals surface area contributed by atoms with Crippen LogP contribution in [0, 0.1) is 5.82 Å². The van der Waals surface area contributed by atoms with Crippen LogP contribution in [-0.2, 0) is 0 Å². The largest absolute Gasteiger partial charge is 0.391 e. The Labute approximate surface area is 91.1 Å². The molecule has 3 N–H and O–H groups in total. The van der Waals surface area contributed by atoms with Crippen molar-refractivity contribution in [1.29, 1.82) is 0 Å². The summed E-state index contributed by atoms with van der Waals surface area (Å²) in [5.74, 6) is -0.381. The Bertz CT molecular complexity index is 319. The summed E-state index contributed by atoms with van der Waals surface area (Å²) in [6.45, 7) is 1.81. The summed E-state index contributed by atoms with van der Waals surface area (Å²) in [7, 11) is 0. The SMILES string of the molecule is CCC(O)C(N)c1cc(Br)ccc1F. The van der Waals surface area contributed by atoms with Crippen LogP contribution in [0.15, 0.2) is 22.7 Å². The molecule has 1 aromatic carbocycles. The number of hydrogen-bond donors (Lipinski definition) is 2. The van der Waals surface area contributed by atoms with E-state index in [-0.39, 0.29) is 5.82 Å². The van der Waals surface area contributed by atoms with Crippen LogP contribution < -0.4 is 5.73 Å². The molecule has 0 fully saturated rings. The summed E-state index contributed by atoms with van der Waals surface area (Å²) in [4.78, 5) is 0. The number of rotatable bonds is 3. The van der Waals surface area contributed by atoms with Crippen molar-refractivity contribution in [3.05, 3.63) is 34.1 Å². The van der Waals surface area contributed by atoms with E-state index in [0.717, 1.165) is 4.47 Å². The third kappa shape index (κ3) is 2.53. The maximum absolute atomic E-state index is 13.3. The second-order valence-corrected chi connectivity index (χ2v) is 4.08. The van der Waals surface area contributed by atoms with Crippen LogP contribution in [-0.4, -0.2) is 11.2 Å². The zero-order valence-corrected chi connectivity index (χ0v) is 9.46. The Morgan fingerprint density at radius 3 is 2.79 bits per heavy atom. The molecule has 1 aromatic rings. The van der Waals surface area contributed by atoms with Gasteiger partial charge in [-0.2, -0.15) is 0 Å². The first kappa shape index (κ1) is 11.6. The molecule has 14 heavy (non-hydrogen) atoms. The zero-order valence-electron chi connectivity index (χ0n) is 7.87. The molecule has 0 saturated carbocycles. The number of aliphatic hydroxyl groups is 1. The summed E-state index contributed by atoms with van der Waals surface area (Å²) in [6, 6.07) is 3.86.